The molecule has 0 unspecified atom stereocenters. The van der Waals surface area contributed by atoms with Crippen molar-refractivity contribution in [3.63, 3.8) is 0 Å². The molecule has 0 fully saturated rings. The highest BCUT2D eigenvalue weighted by molar-refractivity contribution is 7.22. The largest absolute Gasteiger partial charge is 0.494 e. The summed E-state index contributed by atoms with van der Waals surface area (Å²) in [7, 11) is 1.95. The smallest absolute Gasteiger partial charge is 0.183 e. The number of rotatable bonds is 6. The molecule has 0 aliphatic heterocycles. The zero-order valence-corrected chi connectivity index (χ0v) is 12.9. The first-order valence-electron chi connectivity index (χ1n) is 6.86. The number of fused-ring (bicyclic) bond motifs is 1. The monoisotopic (exact) mass is 303 g/mol. The summed E-state index contributed by atoms with van der Waals surface area (Å²) in [5.74, 6) is 1.85. The van der Waals surface area contributed by atoms with Gasteiger partial charge in [-0.25, -0.2) is 4.98 Å². The fraction of sp³-hybridized carbons (Fsp3) is 0.357. The summed E-state index contributed by atoms with van der Waals surface area (Å²) < 4.78 is 8.56. The van der Waals surface area contributed by atoms with E-state index in [9.17, 15) is 0 Å². The number of benzene rings is 1. The average Bonchev–Trinajstić information content (AvgIpc) is 3.05. The van der Waals surface area contributed by atoms with E-state index in [0.29, 0.717) is 6.61 Å². The lowest BCUT2D eigenvalue weighted by Gasteiger charge is -2.01. The molecule has 0 saturated carbocycles. The molecule has 3 aromatic rings. The van der Waals surface area contributed by atoms with Crippen LogP contribution in [0.3, 0.4) is 0 Å². The number of thiazole rings is 1. The summed E-state index contributed by atoms with van der Waals surface area (Å²) in [6.07, 6.45) is 2.53. The zero-order chi connectivity index (χ0) is 14.7. The van der Waals surface area contributed by atoms with Gasteiger partial charge in [0.25, 0.3) is 0 Å². The summed E-state index contributed by atoms with van der Waals surface area (Å²) in [4.78, 5) is 4.56. The highest BCUT2D eigenvalue weighted by Crippen LogP contribution is 2.29. The summed E-state index contributed by atoms with van der Waals surface area (Å²) in [6.45, 7) is 3.44. The normalized spacial score (nSPS) is 11.0. The molecule has 0 radical (unpaired) electrons. The van der Waals surface area contributed by atoms with E-state index < -0.39 is 0 Å². The first-order chi connectivity index (χ1) is 10.3. The minimum atomic E-state index is 0.674. The third-order valence-corrected chi connectivity index (χ3v) is 4.08. The molecule has 1 N–H and O–H groups in total. The van der Waals surface area contributed by atoms with Crippen molar-refractivity contribution in [3.8, 4) is 5.75 Å². The Hall–Kier alpha value is -2.15. The maximum absolute atomic E-state index is 5.51. The van der Waals surface area contributed by atoms with Crippen molar-refractivity contribution in [1.82, 2.24) is 19.7 Å². The van der Waals surface area contributed by atoms with Crippen LogP contribution in [0.25, 0.3) is 10.2 Å². The standard InChI is InChI=1S/C14H17N5OS/c1-3-20-10-4-5-11-12(8-10)21-14(17-11)15-7-6-13-18-16-9-19(13)2/h4-5,8-9H,3,6-7H2,1-2H3,(H,15,17). The molecule has 0 bridgehead atoms. The molecule has 0 amide bonds. The van der Waals surface area contributed by atoms with E-state index in [0.717, 1.165) is 39.9 Å². The second-order valence-corrected chi connectivity index (χ2v) is 5.65. The van der Waals surface area contributed by atoms with Crippen LogP contribution in [0.2, 0.25) is 0 Å². The summed E-state index contributed by atoms with van der Waals surface area (Å²) in [5, 5.41) is 12.2. The van der Waals surface area contributed by atoms with Gasteiger partial charge in [0.05, 0.1) is 16.8 Å². The molecule has 2 aromatic heterocycles. The number of aryl methyl sites for hydroxylation is 1. The maximum atomic E-state index is 5.51. The number of hydrogen-bond acceptors (Lipinski definition) is 6. The molecule has 110 valence electrons. The van der Waals surface area contributed by atoms with Gasteiger partial charge in [0.1, 0.15) is 17.9 Å². The summed E-state index contributed by atoms with van der Waals surface area (Å²) in [5.41, 5.74) is 0.990. The Labute approximate surface area is 126 Å². The van der Waals surface area contributed by atoms with E-state index in [1.165, 1.54) is 0 Å². The van der Waals surface area contributed by atoms with E-state index >= 15 is 0 Å². The van der Waals surface area contributed by atoms with Crippen LogP contribution in [0.4, 0.5) is 5.13 Å². The van der Waals surface area contributed by atoms with Crippen LogP contribution < -0.4 is 10.1 Å². The number of nitrogens with one attached hydrogen (secondary N) is 1. The van der Waals surface area contributed by atoms with Gasteiger partial charge in [0.15, 0.2) is 5.13 Å². The van der Waals surface area contributed by atoms with Crippen molar-refractivity contribution in [3.05, 3.63) is 30.4 Å². The van der Waals surface area contributed by atoms with Crippen LogP contribution in [0.15, 0.2) is 24.5 Å². The Balaban J connectivity index is 1.65. The molecule has 3 rings (SSSR count). The van der Waals surface area contributed by atoms with E-state index in [1.807, 2.05) is 36.7 Å². The van der Waals surface area contributed by atoms with Gasteiger partial charge < -0.3 is 14.6 Å². The van der Waals surface area contributed by atoms with Gasteiger partial charge in [-0.2, -0.15) is 0 Å². The molecular weight excluding hydrogens is 286 g/mol. The predicted octanol–water partition coefficient (Wildman–Crippen LogP) is 2.48. The lowest BCUT2D eigenvalue weighted by atomic mass is 10.3. The van der Waals surface area contributed by atoms with Crippen LogP contribution in [-0.2, 0) is 13.5 Å². The van der Waals surface area contributed by atoms with E-state index in [2.05, 4.69) is 20.5 Å². The van der Waals surface area contributed by atoms with Crippen molar-refractivity contribution in [2.45, 2.75) is 13.3 Å². The van der Waals surface area contributed by atoms with Crippen molar-refractivity contribution in [1.29, 1.82) is 0 Å². The molecule has 0 aliphatic carbocycles. The SMILES string of the molecule is CCOc1ccc2nc(NCCc3nncn3C)sc2c1. The molecule has 0 spiro atoms. The molecule has 0 aliphatic rings. The van der Waals surface area contributed by atoms with Crippen LogP contribution in [0.1, 0.15) is 12.7 Å². The third-order valence-electron chi connectivity index (χ3n) is 3.10. The number of hydrogen-bond donors (Lipinski definition) is 1. The van der Waals surface area contributed by atoms with Crippen LogP contribution in [0.5, 0.6) is 5.75 Å². The Morgan fingerprint density at radius 1 is 1.38 bits per heavy atom. The van der Waals surface area contributed by atoms with Crippen molar-refractivity contribution in [2.24, 2.45) is 7.05 Å². The Kier molecular flexibility index (Phi) is 4.01. The van der Waals surface area contributed by atoms with Gasteiger partial charge in [0, 0.05) is 20.0 Å². The Bertz CT molecular complexity index is 736. The maximum Gasteiger partial charge on any atom is 0.183 e. The van der Waals surface area contributed by atoms with Gasteiger partial charge in [0.2, 0.25) is 0 Å². The average molecular weight is 303 g/mol. The second kappa shape index (κ2) is 6.09. The van der Waals surface area contributed by atoms with E-state index in [1.54, 1.807) is 17.7 Å². The van der Waals surface area contributed by atoms with Gasteiger partial charge in [-0.1, -0.05) is 11.3 Å². The minimum absolute atomic E-state index is 0.674. The first-order valence-corrected chi connectivity index (χ1v) is 7.68. The zero-order valence-electron chi connectivity index (χ0n) is 12.0. The molecule has 21 heavy (non-hydrogen) atoms. The summed E-state index contributed by atoms with van der Waals surface area (Å²) >= 11 is 1.63. The number of nitrogens with zero attached hydrogens (tertiary/aromatic N) is 4. The number of aromatic nitrogens is 4. The molecule has 6 nitrogen and oxygen atoms in total. The third kappa shape index (κ3) is 3.13. The van der Waals surface area contributed by atoms with Crippen molar-refractivity contribution >= 4 is 26.7 Å². The van der Waals surface area contributed by atoms with E-state index in [-0.39, 0.29) is 0 Å². The number of ether oxygens (including phenoxy) is 1. The molecule has 0 saturated heterocycles. The first kappa shape index (κ1) is 13.8. The van der Waals surface area contributed by atoms with Crippen molar-refractivity contribution < 1.29 is 4.74 Å². The van der Waals surface area contributed by atoms with Crippen LogP contribution in [-0.4, -0.2) is 32.9 Å². The fourth-order valence-corrected chi connectivity index (χ4v) is 2.97. The molecule has 2 heterocycles. The lowest BCUT2D eigenvalue weighted by molar-refractivity contribution is 0.341. The fourth-order valence-electron chi connectivity index (χ4n) is 2.05. The van der Waals surface area contributed by atoms with Gasteiger partial charge in [-0.3, -0.25) is 0 Å². The van der Waals surface area contributed by atoms with Gasteiger partial charge >= 0.3 is 0 Å². The topological polar surface area (TPSA) is 64.9 Å². The van der Waals surface area contributed by atoms with Crippen LogP contribution in [0, 0.1) is 0 Å². The highest BCUT2D eigenvalue weighted by atomic mass is 32.1. The van der Waals surface area contributed by atoms with E-state index in [4.69, 9.17) is 4.74 Å². The summed E-state index contributed by atoms with van der Waals surface area (Å²) in [6, 6.07) is 5.98. The quantitative estimate of drug-likeness (QED) is 0.758. The molecule has 7 heteroatoms. The highest BCUT2D eigenvalue weighted by Gasteiger charge is 2.06. The molecule has 0 atom stereocenters. The second-order valence-electron chi connectivity index (χ2n) is 4.62. The Morgan fingerprint density at radius 3 is 3.05 bits per heavy atom. The molecular formula is C14H17N5OS. The van der Waals surface area contributed by atoms with Gasteiger partial charge in [-0.05, 0) is 25.1 Å². The predicted molar refractivity (Wildman–Crippen MR) is 84.0 cm³/mol. The Morgan fingerprint density at radius 2 is 2.29 bits per heavy atom. The van der Waals surface area contributed by atoms with Crippen LogP contribution >= 0.6 is 11.3 Å². The minimum Gasteiger partial charge on any atom is -0.494 e. The van der Waals surface area contributed by atoms with Gasteiger partial charge in [-0.15, -0.1) is 10.2 Å². The number of anilines is 1. The molecule has 1 aromatic carbocycles. The van der Waals surface area contributed by atoms with Crippen molar-refractivity contribution in [2.75, 3.05) is 18.5 Å². The lowest BCUT2D eigenvalue weighted by Crippen LogP contribution is -2.08.